The summed E-state index contributed by atoms with van der Waals surface area (Å²) in [5.74, 6) is 0. The Labute approximate surface area is 142 Å². The van der Waals surface area contributed by atoms with E-state index < -0.39 is 0 Å². The zero-order valence-electron chi connectivity index (χ0n) is 13.4. The van der Waals surface area contributed by atoms with Crippen molar-refractivity contribution in [2.75, 3.05) is 0 Å². The summed E-state index contributed by atoms with van der Waals surface area (Å²) in [6, 6.07) is 32.1. The van der Waals surface area contributed by atoms with Crippen molar-refractivity contribution in [2.45, 2.75) is 0 Å². The third kappa shape index (κ3) is 2.53. The van der Waals surface area contributed by atoms with E-state index in [2.05, 4.69) is 91.5 Å². The molecule has 0 aliphatic rings. The molecule has 0 fully saturated rings. The maximum absolute atomic E-state index is 4.03. The Hall–Kier alpha value is -3.12. The summed E-state index contributed by atoms with van der Waals surface area (Å²) in [6.45, 7) is 4.03. The van der Waals surface area contributed by atoms with Gasteiger partial charge < -0.3 is 0 Å². The normalized spacial score (nSPS) is 10.7. The quantitative estimate of drug-likeness (QED) is 0.389. The van der Waals surface area contributed by atoms with Crippen LogP contribution in [0.1, 0.15) is 5.56 Å². The molecule has 0 N–H and O–H groups in total. The Balaban J connectivity index is 1.91. The smallest absolute Gasteiger partial charge is 0.00994 e. The molecule has 0 radical (unpaired) electrons. The molecule has 0 nitrogen and oxygen atoms in total. The van der Waals surface area contributed by atoms with Crippen molar-refractivity contribution in [3.8, 4) is 22.3 Å². The fourth-order valence-corrected chi connectivity index (χ4v) is 3.25. The molecule has 0 unspecified atom stereocenters. The van der Waals surface area contributed by atoms with E-state index in [0.717, 1.165) is 5.56 Å². The second kappa shape index (κ2) is 6.17. The van der Waals surface area contributed by atoms with Gasteiger partial charge in [0.05, 0.1) is 0 Å². The lowest BCUT2D eigenvalue weighted by Gasteiger charge is -2.12. The van der Waals surface area contributed by atoms with Gasteiger partial charge in [0.1, 0.15) is 0 Å². The molecule has 0 atom stereocenters. The van der Waals surface area contributed by atoms with Gasteiger partial charge in [-0.05, 0) is 44.7 Å². The number of fused-ring (bicyclic) bond motifs is 1. The highest BCUT2D eigenvalue weighted by atomic mass is 14.1. The topological polar surface area (TPSA) is 0 Å². The third-order valence-corrected chi connectivity index (χ3v) is 4.46. The lowest BCUT2D eigenvalue weighted by atomic mass is 9.92. The van der Waals surface area contributed by atoms with Crippen molar-refractivity contribution in [2.24, 2.45) is 0 Å². The van der Waals surface area contributed by atoms with Gasteiger partial charge >= 0.3 is 0 Å². The van der Waals surface area contributed by atoms with Crippen molar-refractivity contribution in [1.82, 2.24) is 0 Å². The van der Waals surface area contributed by atoms with Crippen LogP contribution in [-0.4, -0.2) is 0 Å². The van der Waals surface area contributed by atoms with Gasteiger partial charge in [-0.1, -0.05) is 97.6 Å². The predicted octanol–water partition coefficient (Wildman–Crippen LogP) is 6.82. The van der Waals surface area contributed by atoms with Crippen LogP contribution in [0.2, 0.25) is 0 Å². The standard InChI is InChI=1S/C24H18/c1-2-18-17-21(19-9-4-3-5-10-19)15-16-23(18)24-14-8-12-20-11-6-7-13-22(20)24/h2-17H,1H2. The van der Waals surface area contributed by atoms with Crippen LogP contribution in [0.5, 0.6) is 0 Å². The predicted molar refractivity (Wildman–Crippen MR) is 105 cm³/mol. The van der Waals surface area contributed by atoms with E-state index in [0.29, 0.717) is 0 Å². The van der Waals surface area contributed by atoms with Crippen molar-refractivity contribution >= 4 is 16.8 Å². The first kappa shape index (κ1) is 14.5. The Kier molecular flexibility index (Phi) is 3.72. The van der Waals surface area contributed by atoms with E-state index in [1.165, 1.54) is 33.0 Å². The van der Waals surface area contributed by atoms with Crippen molar-refractivity contribution in [3.05, 3.63) is 103 Å². The van der Waals surface area contributed by atoms with Crippen molar-refractivity contribution < 1.29 is 0 Å². The monoisotopic (exact) mass is 306 g/mol. The number of benzene rings is 4. The molecule has 0 heterocycles. The van der Waals surface area contributed by atoms with Crippen molar-refractivity contribution in [3.63, 3.8) is 0 Å². The summed E-state index contributed by atoms with van der Waals surface area (Å²) in [4.78, 5) is 0. The van der Waals surface area contributed by atoms with E-state index in [-0.39, 0.29) is 0 Å². The van der Waals surface area contributed by atoms with Gasteiger partial charge in [-0.25, -0.2) is 0 Å². The third-order valence-electron chi connectivity index (χ3n) is 4.46. The van der Waals surface area contributed by atoms with Crippen LogP contribution >= 0.6 is 0 Å². The molecule has 114 valence electrons. The van der Waals surface area contributed by atoms with Gasteiger partial charge in [-0.15, -0.1) is 0 Å². The van der Waals surface area contributed by atoms with Crippen LogP contribution in [0.3, 0.4) is 0 Å². The van der Waals surface area contributed by atoms with Gasteiger partial charge in [-0.2, -0.15) is 0 Å². The van der Waals surface area contributed by atoms with Gasteiger partial charge in [0.15, 0.2) is 0 Å². The maximum Gasteiger partial charge on any atom is -0.00994 e. The molecule has 0 aliphatic carbocycles. The molecule has 0 spiro atoms. The first-order valence-corrected chi connectivity index (χ1v) is 8.17. The minimum atomic E-state index is 1.16. The summed E-state index contributed by atoms with van der Waals surface area (Å²) in [5.41, 5.74) is 6.08. The molecule has 0 amide bonds. The zero-order chi connectivity index (χ0) is 16.4. The van der Waals surface area contributed by atoms with Crippen LogP contribution in [0, 0.1) is 0 Å². The Morgan fingerprint density at radius 1 is 0.583 bits per heavy atom. The molecule has 4 rings (SSSR count). The van der Waals surface area contributed by atoms with Crippen molar-refractivity contribution in [1.29, 1.82) is 0 Å². The molecule has 0 heteroatoms. The average Bonchev–Trinajstić information content (AvgIpc) is 2.68. The fraction of sp³-hybridized carbons (Fsp3) is 0. The molecule has 0 saturated carbocycles. The van der Waals surface area contributed by atoms with E-state index in [9.17, 15) is 0 Å². The summed E-state index contributed by atoms with van der Waals surface area (Å²) in [5, 5.41) is 2.53. The van der Waals surface area contributed by atoms with E-state index in [4.69, 9.17) is 0 Å². The molecule has 4 aromatic carbocycles. The second-order valence-electron chi connectivity index (χ2n) is 5.90. The van der Waals surface area contributed by atoms with E-state index in [1.54, 1.807) is 0 Å². The van der Waals surface area contributed by atoms with Crippen LogP contribution < -0.4 is 0 Å². The molecular formula is C24H18. The number of hydrogen-bond donors (Lipinski definition) is 0. The second-order valence-corrected chi connectivity index (χ2v) is 5.90. The van der Waals surface area contributed by atoms with Crippen LogP contribution in [0.25, 0.3) is 39.1 Å². The maximum atomic E-state index is 4.03. The lowest BCUT2D eigenvalue weighted by Crippen LogP contribution is -1.87. The Bertz CT molecular complexity index is 1010. The zero-order valence-corrected chi connectivity index (χ0v) is 13.4. The van der Waals surface area contributed by atoms with E-state index >= 15 is 0 Å². The van der Waals surface area contributed by atoms with Gasteiger partial charge in [0, 0.05) is 0 Å². The minimum absolute atomic E-state index is 1.16. The van der Waals surface area contributed by atoms with Gasteiger partial charge in [-0.3, -0.25) is 0 Å². The molecule has 0 aliphatic heterocycles. The van der Waals surface area contributed by atoms with Crippen LogP contribution in [0.4, 0.5) is 0 Å². The van der Waals surface area contributed by atoms with Crippen LogP contribution in [0.15, 0.2) is 97.6 Å². The van der Waals surface area contributed by atoms with Crippen LogP contribution in [-0.2, 0) is 0 Å². The summed E-state index contributed by atoms with van der Waals surface area (Å²) in [6.07, 6.45) is 1.95. The Morgan fingerprint density at radius 2 is 1.33 bits per heavy atom. The highest BCUT2D eigenvalue weighted by Crippen LogP contribution is 2.34. The summed E-state index contributed by atoms with van der Waals surface area (Å²) in [7, 11) is 0. The minimum Gasteiger partial charge on any atom is -0.0984 e. The molecule has 0 saturated heterocycles. The average molecular weight is 306 g/mol. The lowest BCUT2D eigenvalue weighted by molar-refractivity contribution is 1.58. The largest absolute Gasteiger partial charge is 0.0984 e. The Morgan fingerprint density at radius 3 is 2.17 bits per heavy atom. The highest BCUT2D eigenvalue weighted by molar-refractivity contribution is 5.98. The first-order valence-electron chi connectivity index (χ1n) is 8.17. The molecule has 24 heavy (non-hydrogen) atoms. The summed E-state index contributed by atoms with van der Waals surface area (Å²) < 4.78 is 0. The summed E-state index contributed by atoms with van der Waals surface area (Å²) >= 11 is 0. The number of hydrogen-bond acceptors (Lipinski definition) is 0. The molecular weight excluding hydrogens is 288 g/mol. The van der Waals surface area contributed by atoms with Gasteiger partial charge in [0.25, 0.3) is 0 Å². The fourth-order valence-electron chi connectivity index (χ4n) is 3.25. The van der Waals surface area contributed by atoms with Gasteiger partial charge in [0.2, 0.25) is 0 Å². The SMILES string of the molecule is C=Cc1cc(-c2ccccc2)ccc1-c1cccc2ccccc12. The molecule has 4 aromatic rings. The molecule has 0 bridgehead atoms. The first-order chi connectivity index (χ1) is 11.9. The van der Waals surface area contributed by atoms with E-state index in [1.807, 2.05) is 12.1 Å². The molecule has 0 aromatic heterocycles. The number of rotatable bonds is 3. The highest BCUT2D eigenvalue weighted by Gasteiger charge is 2.08.